The number of aromatic nitrogens is 3. The molecular formula is C20H25N5OS2. The Hall–Kier alpha value is -2.45. The van der Waals surface area contributed by atoms with Gasteiger partial charge in [-0.05, 0) is 55.6 Å². The first-order chi connectivity index (χ1) is 13.6. The Morgan fingerprint density at radius 1 is 1.29 bits per heavy atom. The largest absolute Gasteiger partial charge is 0.375 e. The molecule has 0 fully saturated rings. The lowest BCUT2D eigenvalue weighted by Crippen LogP contribution is -2.32. The van der Waals surface area contributed by atoms with E-state index in [2.05, 4.69) is 39.6 Å². The van der Waals surface area contributed by atoms with Gasteiger partial charge in [0.05, 0.1) is 4.88 Å². The van der Waals surface area contributed by atoms with Crippen LogP contribution in [-0.4, -0.2) is 40.8 Å². The maximum Gasteiger partial charge on any atom is 0.242 e. The number of amides is 1. The minimum atomic E-state index is -0.421. The molecule has 2 heterocycles. The Morgan fingerprint density at radius 3 is 2.79 bits per heavy atom. The van der Waals surface area contributed by atoms with E-state index in [0.29, 0.717) is 17.1 Å². The molecule has 1 unspecified atom stereocenters. The van der Waals surface area contributed by atoms with Gasteiger partial charge in [0, 0.05) is 25.8 Å². The topological polar surface area (TPSA) is 66.0 Å². The number of para-hydroxylation sites is 1. The third kappa shape index (κ3) is 4.88. The van der Waals surface area contributed by atoms with Crippen LogP contribution in [-0.2, 0) is 4.79 Å². The zero-order valence-electron chi connectivity index (χ0n) is 16.1. The highest BCUT2D eigenvalue weighted by Crippen LogP contribution is 2.25. The molecule has 2 aromatic heterocycles. The van der Waals surface area contributed by atoms with Gasteiger partial charge in [-0.1, -0.05) is 24.3 Å². The van der Waals surface area contributed by atoms with Crippen molar-refractivity contribution in [2.45, 2.75) is 25.8 Å². The van der Waals surface area contributed by atoms with Crippen molar-refractivity contribution >= 4 is 35.1 Å². The number of anilines is 1. The molecule has 2 N–H and O–H groups in total. The van der Waals surface area contributed by atoms with Gasteiger partial charge in [-0.3, -0.25) is 14.5 Å². The number of hydrogen-bond acceptors (Lipinski definition) is 5. The lowest BCUT2D eigenvalue weighted by molar-refractivity contribution is -0.123. The van der Waals surface area contributed by atoms with E-state index in [1.165, 1.54) is 5.69 Å². The normalized spacial score (nSPS) is 11.9. The van der Waals surface area contributed by atoms with E-state index in [-0.39, 0.29) is 5.91 Å². The van der Waals surface area contributed by atoms with Crippen LogP contribution in [0.5, 0.6) is 0 Å². The van der Waals surface area contributed by atoms with Crippen molar-refractivity contribution in [1.82, 2.24) is 20.1 Å². The fraction of sp³-hybridized carbons (Fsp3) is 0.350. The first-order valence-electron chi connectivity index (χ1n) is 9.32. The van der Waals surface area contributed by atoms with E-state index in [1.807, 2.05) is 42.6 Å². The number of H-pyrrole nitrogens is 1. The smallest absolute Gasteiger partial charge is 0.242 e. The Labute approximate surface area is 174 Å². The molecule has 0 bridgehead atoms. The summed E-state index contributed by atoms with van der Waals surface area (Å²) in [6, 6.07) is 13.8. The number of rotatable bonds is 9. The number of carbonyl (C=O) groups excluding carboxylic acids is 1. The summed E-state index contributed by atoms with van der Waals surface area (Å²) < 4.78 is 2.23. The van der Waals surface area contributed by atoms with E-state index < -0.39 is 6.04 Å². The lowest BCUT2D eigenvalue weighted by Gasteiger charge is -2.19. The van der Waals surface area contributed by atoms with Crippen molar-refractivity contribution in [3.8, 4) is 10.7 Å². The summed E-state index contributed by atoms with van der Waals surface area (Å²) in [7, 11) is 2.09. The van der Waals surface area contributed by atoms with Gasteiger partial charge in [-0.25, -0.2) is 0 Å². The average molecular weight is 416 g/mol. The van der Waals surface area contributed by atoms with Gasteiger partial charge in [-0.2, -0.15) is 5.10 Å². The second-order valence-corrected chi connectivity index (χ2v) is 7.97. The Balaban J connectivity index is 1.48. The number of benzene rings is 1. The number of thiophene rings is 1. The number of unbranched alkanes of at least 4 members (excludes halogenated alkanes) is 1. The second-order valence-electron chi connectivity index (χ2n) is 6.63. The van der Waals surface area contributed by atoms with Crippen LogP contribution >= 0.6 is 23.6 Å². The molecule has 1 amide bonds. The monoisotopic (exact) mass is 415 g/mol. The van der Waals surface area contributed by atoms with E-state index in [4.69, 9.17) is 12.2 Å². The molecule has 0 aliphatic heterocycles. The molecule has 1 atom stereocenters. The molecule has 8 heteroatoms. The first-order valence-corrected chi connectivity index (χ1v) is 10.6. The molecule has 3 rings (SSSR count). The number of nitrogens with zero attached hydrogens (tertiary/aromatic N) is 3. The summed E-state index contributed by atoms with van der Waals surface area (Å²) in [5, 5.41) is 12.1. The second kappa shape index (κ2) is 9.66. The number of carbonyl (C=O) groups is 1. The SMILES string of the molecule is CC(C(=O)NCCCCN(C)c1ccccc1)n1c(-c2cccs2)n[nH]c1=S. The van der Waals surface area contributed by atoms with Crippen LogP contribution in [0.1, 0.15) is 25.8 Å². The minimum absolute atomic E-state index is 0.0493. The van der Waals surface area contributed by atoms with Crippen LogP contribution in [0.15, 0.2) is 47.8 Å². The average Bonchev–Trinajstić information content (AvgIpc) is 3.37. The maximum atomic E-state index is 12.6. The highest BCUT2D eigenvalue weighted by Gasteiger charge is 2.20. The Bertz CT molecular complexity index is 933. The summed E-state index contributed by atoms with van der Waals surface area (Å²) >= 11 is 6.91. The van der Waals surface area contributed by atoms with Gasteiger partial charge in [-0.15, -0.1) is 11.3 Å². The quantitative estimate of drug-likeness (QED) is 0.405. The molecule has 148 valence electrons. The molecule has 0 aliphatic carbocycles. The third-order valence-corrected chi connectivity index (χ3v) is 5.78. The Morgan fingerprint density at radius 2 is 2.07 bits per heavy atom. The van der Waals surface area contributed by atoms with Crippen molar-refractivity contribution in [2.24, 2.45) is 0 Å². The van der Waals surface area contributed by atoms with Gasteiger partial charge in [0.1, 0.15) is 6.04 Å². The summed E-state index contributed by atoms with van der Waals surface area (Å²) in [5.74, 6) is 0.652. The standard InChI is InChI=1S/C20H25N5OS2/c1-15(25-18(22-23-20(25)27)17-11-8-14-28-17)19(26)21-12-6-7-13-24(2)16-9-4-3-5-10-16/h3-5,8-11,14-15H,6-7,12-13H2,1-2H3,(H,21,26)(H,23,27). The number of nitrogens with one attached hydrogen (secondary N) is 2. The summed E-state index contributed by atoms with van der Waals surface area (Å²) in [6.07, 6.45) is 1.93. The van der Waals surface area contributed by atoms with E-state index in [1.54, 1.807) is 15.9 Å². The molecule has 0 aliphatic rings. The molecule has 6 nitrogen and oxygen atoms in total. The highest BCUT2D eigenvalue weighted by molar-refractivity contribution is 7.71. The summed E-state index contributed by atoms with van der Waals surface area (Å²) in [4.78, 5) is 15.8. The molecule has 28 heavy (non-hydrogen) atoms. The van der Waals surface area contributed by atoms with Gasteiger partial charge in [0.25, 0.3) is 0 Å². The molecule has 0 radical (unpaired) electrons. The van der Waals surface area contributed by atoms with Crippen LogP contribution in [0.2, 0.25) is 0 Å². The fourth-order valence-corrected chi connectivity index (χ4v) is 4.01. The van der Waals surface area contributed by atoms with Crippen LogP contribution in [0.3, 0.4) is 0 Å². The molecule has 1 aromatic carbocycles. The predicted octanol–water partition coefficient (Wildman–Crippen LogP) is 4.26. The van der Waals surface area contributed by atoms with Crippen molar-refractivity contribution in [2.75, 3.05) is 25.0 Å². The highest BCUT2D eigenvalue weighted by atomic mass is 32.1. The van der Waals surface area contributed by atoms with Crippen molar-refractivity contribution in [3.05, 3.63) is 52.6 Å². The van der Waals surface area contributed by atoms with E-state index in [0.717, 1.165) is 24.3 Å². The number of hydrogen-bond donors (Lipinski definition) is 2. The summed E-state index contributed by atoms with van der Waals surface area (Å²) in [5.41, 5.74) is 1.20. The molecule has 0 saturated carbocycles. The van der Waals surface area contributed by atoms with Gasteiger partial charge >= 0.3 is 0 Å². The maximum absolute atomic E-state index is 12.6. The van der Waals surface area contributed by atoms with Crippen molar-refractivity contribution < 1.29 is 4.79 Å². The van der Waals surface area contributed by atoms with E-state index >= 15 is 0 Å². The Kier molecular flexibility index (Phi) is 7.00. The first kappa shape index (κ1) is 20.3. The molecule has 3 aromatic rings. The number of aromatic amines is 1. The minimum Gasteiger partial charge on any atom is -0.375 e. The third-order valence-electron chi connectivity index (χ3n) is 4.63. The zero-order valence-corrected chi connectivity index (χ0v) is 17.7. The van der Waals surface area contributed by atoms with Gasteiger partial charge < -0.3 is 10.2 Å². The van der Waals surface area contributed by atoms with Crippen molar-refractivity contribution in [3.63, 3.8) is 0 Å². The van der Waals surface area contributed by atoms with Crippen LogP contribution < -0.4 is 10.2 Å². The van der Waals surface area contributed by atoms with E-state index in [9.17, 15) is 4.79 Å². The molecule has 0 saturated heterocycles. The van der Waals surface area contributed by atoms with Gasteiger partial charge in [0.2, 0.25) is 5.91 Å². The van der Waals surface area contributed by atoms with Crippen molar-refractivity contribution in [1.29, 1.82) is 0 Å². The molecular weight excluding hydrogens is 390 g/mol. The zero-order chi connectivity index (χ0) is 19.9. The fourth-order valence-electron chi connectivity index (χ4n) is 3.01. The summed E-state index contributed by atoms with van der Waals surface area (Å²) in [6.45, 7) is 3.44. The van der Waals surface area contributed by atoms with Crippen LogP contribution in [0, 0.1) is 4.77 Å². The molecule has 0 spiro atoms. The van der Waals surface area contributed by atoms with Crippen LogP contribution in [0.4, 0.5) is 5.69 Å². The van der Waals surface area contributed by atoms with Gasteiger partial charge in [0.15, 0.2) is 10.6 Å². The predicted molar refractivity (Wildman–Crippen MR) is 117 cm³/mol. The lowest BCUT2D eigenvalue weighted by atomic mass is 10.2. The van der Waals surface area contributed by atoms with Crippen LogP contribution in [0.25, 0.3) is 10.7 Å².